The second kappa shape index (κ2) is 47.5. The van der Waals surface area contributed by atoms with E-state index in [1.54, 1.807) is 0 Å². The molecule has 30 heavy (non-hydrogen) atoms. The zero-order valence-corrected chi connectivity index (χ0v) is 29.7. The van der Waals surface area contributed by atoms with Gasteiger partial charge < -0.3 is 24.8 Å². The molecule has 0 aromatic rings. The Balaban J connectivity index is -0.0000000569. The van der Waals surface area contributed by atoms with Crippen molar-refractivity contribution in [1.29, 1.82) is 0 Å². The van der Waals surface area contributed by atoms with Gasteiger partial charge in [0.25, 0.3) is 0 Å². The third-order valence-electron chi connectivity index (χ3n) is 2.34. The second-order valence-corrected chi connectivity index (χ2v) is 7.48. The van der Waals surface area contributed by atoms with E-state index in [1.807, 2.05) is 48.6 Å². The molecule has 2 radical (unpaired) electrons. The van der Waals surface area contributed by atoms with Crippen molar-refractivity contribution in [3.8, 4) is 0 Å². The number of hydrogen-bond donors (Lipinski definition) is 0. The summed E-state index contributed by atoms with van der Waals surface area (Å²) in [5.74, 6) is 0. The average Bonchev–Trinajstić information content (AvgIpc) is 3.53. The first-order chi connectivity index (χ1) is 12.8. The molecule has 166 valence electrons. The first-order valence-corrected chi connectivity index (χ1v) is 13.8. The van der Waals surface area contributed by atoms with Crippen LogP contribution in [0.25, 0.3) is 0 Å². The molecule has 6 heteroatoms. The molecule has 0 nitrogen and oxygen atoms in total. The molecule has 0 aromatic carbocycles. The normalized spacial score (nSPS) is 12.9. The van der Waals surface area contributed by atoms with Crippen LogP contribution < -0.4 is 24.8 Å². The minimum atomic E-state index is 0. The van der Waals surface area contributed by atoms with E-state index in [2.05, 4.69) is 74.8 Å². The van der Waals surface area contributed by atoms with E-state index in [0.29, 0.717) is 0 Å². The fourth-order valence-electron chi connectivity index (χ4n) is 1.36. The average molecular weight is 807 g/mol. The van der Waals surface area contributed by atoms with Gasteiger partial charge in [0.05, 0.1) is 0 Å². The first kappa shape index (κ1) is 44.4. The zero-order valence-electron chi connectivity index (χ0n) is 18.7. The molecular weight excluding hydrogens is 772 g/mol. The van der Waals surface area contributed by atoms with Crippen LogP contribution in [0.15, 0.2) is 72.9 Å². The van der Waals surface area contributed by atoms with Gasteiger partial charge in [-0.05, 0) is 0 Å². The van der Waals surface area contributed by atoms with Gasteiger partial charge in [-0.1, -0.05) is 26.2 Å². The quantitative estimate of drug-likeness (QED) is 0.244. The van der Waals surface area contributed by atoms with Crippen molar-refractivity contribution in [3.05, 3.63) is 97.2 Å². The SMILES string of the molecule is C[SiH]C.C[SiH]C.[C-]1=CC=CC1.[C-]1=CC=CC1.[C-]1=CC=CC1.[C-]1=CC=CC1.[Cl-].[Cl-].[Hf].[Hf]. The van der Waals surface area contributed by atoms with Gasteiger partial charge in [0.2, 0.25) is 0 Å². The largest absolute Gasteiger partial charge is 1.00 e. The number of halogens is 2. The maximum Gasteiger partial charge on any atom is 0.0213 e. The second-order valence-electron chi connectivity index (χ2n) is 5.17. The topological polar surface area (TPSA) is 0 Å². The molecule has 0 bridgehead atoms. The predicted molar refractivity (Wildman–Crippen MR) is 124 cm³/mol. The molecule has 4 aliphatic carbocycles. The Kier molecular flexibility index (Phi) is 70.2. The number of allylic oxidation sites excluding steroid dienone is 16. The molecule has 0 amide bonds. The Hall–Kier alpha value is 0.674. The molecular formula is C24H34Cl2Hf2Si2-6. The maximum atomic E-state index is 2.99. The van der Waals surface area contributed by atoms with Crippen LogP contribution in [-0.4, -0.2) is 19.0 Å². The summed E-state index contributed by atoms with van der Waals surface area (Å²) < 4.78 is 0. The number of hydrogen-bond acceptors (Lipinski definition) is 0. The zero-order chi connectivity index (χ0) is 19.6. The van der Waals surface area contributed by atoms with Crippen LogP contribution >= 0.6 is 0 Å². The Bertz CT molecular complexity index is 377. The molecule has 0 fully saturated rings. The van der Waals surface area contributed by atoms with Crippen molar-refractivity contribution in [2.24, 2.45) is 0 Å². The Morgan fingerprint density at radius 2 is 0.633 bits per heavy atom. The van der Waals surface area contributed by atoms with Crippen LogP contribution in [0.4, 0.5) is 0 Å². The van der Waals surface area contributed by atoms with Crippen LogP contribution in [0.3, 0.4) is 0 Å². The summed E-state index contributed by atoms with van der Waals surface area (Å²) in [6.45, 7) is 8.83. The van der Waals surface area contributed by atoms with E-state index >= 15 is 0 Å². The van der Waals surface area contributed by atoms with Crippen molar-refractivity contribution < 1.29 is 76.5 Å². The van der Waals surface area contributed by atoms with E-state index < -0.39 is 0 Å². The maximum absolute atomic E-state index is 2.99. The molecule has 0 aromatic heterocycles. The summed E-state index contributed by atoms with van der Waals surface area (Å²) in [5.41, 5.74) is 0. The van der Waals surface area contributed by atoms with Gasteiger partial charge in [-0.25, -0.2) is 48.6 Å². The minimum absolute atomic E-state index is 0. The molecule has 0 spiro atoms. The standard InChI is InChI=1S/4C5H5.2C2H7Si.2ClH.2Hf/c4*1-2-4-5-3-1;2*1-3-2;;;;/h4*1-3H,4H2;2*3H,1-2H3;2*1H;;/q4*-1;;;;;;/p-2. The summed E-state index contributed by atoms with van der Waals surface area (Å²) in [6.07, 6.45) is 40.0. The van der Waals surface area contributed by atoms with Crippen LogP contribution in [0.1, 0.15) is 25.7 Å². The fraction of sp³-hybridized carbons (Fsp3) is 0.333. The van der Waals surface area contributed by atoms with Gasteiger partial charge in [0.1, 0.15) is 0 Å². The van der Waals surface area contributed by atoms with E-state index in [1.165, 1.54) is 0 Å². The van der Waals surface area contributed by atoms with Crippen molar-refractivity contribution >= 4 is 19.0 Å². The van der Waals surface area contributed by atoms with Gasteiger partial charge in [0.15, 0.2) is 0 Å². The molecule has 0 saturated heterocycles. The van der Waals surface area contributed by atoms with Gasteiger partial charge >= 0.3 is 0 Å². The predicted octanol–water partition coefficient (Wildman–Crippen LogP) is 0.264. The van der Waals surface area contributed by atoms with Gasteiger partial charge in [-0.3, -0.25) is 24.3 Å². The fourth-order valence-corrected chi connectivity index (χ4v) is 1.36. The van der Waals surface area contributed by atoms with Crippen molar-refractivity contribution in [1.82, 2.24) is 0 Å². The third-order valence-corrected chi connectivity index (χ3v) is 2.34. The van der Waals surface area contributed by atoms with Gasteiger partial charge in [-0.15, -0.1) is 25.7 Å². The summed E-state index contributed by atoms with van der Waals surface area (Å²) in [7, 11) is 1.50. The first-order valence-electron chi connectivity index (χ1n) is 9.18. The van der Waals surface area contributed by atoms with Crippen LogP contribution in [0.5, 0.6) is 0 Å². The van der Waals surface area contributed by atoms with Crippen molar-refractivity contribution in [3.63, 3.8) is 0 Å². The molecule has 4 rings (SSSR count). The van der Waals surface area contributed by atoms with Gasteiger partial charge in [0, 0.05) is 70.7 Å². The Morgan fingerprint density at radius 3 is 0.667 bits per heavy atom. The van der Waals surface area contributed by atoms with E-state index in [4.69, 9.17) is 0 Å². The Labute approximate surface area is 242 Å². The summed E-state index contributed by atoms with van der Waals surface area (Å²) in [5, 5.41) is 0. The third kappa shape index (κ3) is 51.4. The van der Waals surface area contributed by atoms with Crippen LogP contribution in [-0.2, 0) is 51.7 Å². The molecule has 0 aliphatic heterocycles. The van der Waals surface area contributed by atoms with Crippen molar-refractivity contribution in [2.75, 3.05) is 0 Å². The smallest absolute Gasteiger partial charge is 0.0213 e. The van der Waals surface area contributed by atoms with Crippen LogP contribution in [0, 0.1) is 24.3 Å². The summed E-state index contributed by atoms with van der Waals surface area (Å²) in [6, 6.07) is 0. The summed E-state index contributed by atoms with van der Waals surface area (Å²) >= 11 is 0. The molecule has 0 saturated carbocycles. The summed E-state index contributed by atoms with van der Waals surface area (Å²) in [4.78, 5) is 0. The molecule has 0 heterocycles. The van der Waals surface area contributed by atoms with Crippen LogP contribution in [0.2, 0.25) is 26.2 Å². The van der Waals surface area contributed by atoms with E-state index in [0.717, 1.165) is 44.7 Å². The van der Waals surface area contributed by atoms with E-state index in [-0.39, 0.29) is 76.5 Å². The Morgan fingerprint density at radius 1 is 0.467 bits per heavy atom. The molecule has 0 unspecified atom stereocenters. The molecule has 0 N–H and O–H groups in total. The van der Waals surface area contributed by atoms with Crippen molar-refractivity contribution in [2.45, 2.75) is 51.9 Å². The molecule has 4 aliphatic rings. The van der Waals surface area contributed by atoms with E-state index in [9.17, 15) is 0 Å². The molecule has 0 atom stereocenters. The van der Waals surface area contributed by atoms with Gasteiger partial charge in [-0.2, -0.15) is 24.3 Å². The number of rotatable bonds is 0. The minimum Gasteiger partial charge on any atom is -1.00 e. The monoisotopic (exact) mass is 808 g/mol.